The van der Waals surface area contributed by atoms with Crippen molar-refractivity contribution < 1.29 is 4.92 Å². The number of nitro benzene ring substituents is 1. The van der Waals surface area contributed by atoms with Crippen molar-refractivity contribution >= 4 is 11.4 Å². The quantitative estimate of drug-likeness (QED) is 0.655. The predicted molar refractivity (Wildman–Crippen MR) is 76.4 cm³/mol. The van der Waals surface area contributed by atoms with Gasteiger partial charge in [-0.15, -0.1) is 0 Å². The van der Waals surface area contributed by atoms with Crippen molar-refractivity contribution in [1.82, 2.24) is 4.90 Å². The Bertz CT molecular complexity index is 431. The third-order valence-corrected chi connectivity index (χ3v) is 3.72. The Morgan fingerprint density at radius 3 is 2.63 bits per heavy atom. The maximum atomic E-state index is 10.6. The molecule has 1 aromatic carbocycles. The summed E-state index contributed by atoms with van der Waals surface area (Å²) in [6.45, 7) is 7.70. The Labute approximate surface area is 113 Å². The first-order chi connectivity index (χ1) is 9.06. The van der Waals surface area contributed by atoms with Gasteiger partial charge in [-0.2, -0.15) is 0 Å². The predicted octanol–water partition coefficient (Wildman–Crippen LogP) is 2.74. The largest absolute Gasteiger partial charge is 0.385 e. The monoisotopic (exact) mass is 263 g/mol. The SMILES string of the molecule is CC(C)N1CCC(CNc2ccc([N+](=O)[O-])cc2)C1. The molecule has 0 amide bonds. The summed E-state index contributed by atoms with van der Waals surface area (Å²) in [6.07, 6.45) is 1.22. The minimum atomic E-state index is -0.374. The summed E-state index contributed by atoms with van der Waals surface area (Å²) in [6, 6.07) is 7.24. The molecule has 104 valence electrons. The van der Waals surface area contributed by atoms with Gasteiger partial charge in [0.05, 0.1) is 4.92 Å². The zero-order valence-electron chi connectivity index (χ0n) is 11.5. The number of likely N-dealkylation sites (tertiary alicyclic amines) is 1. The Kier molecular flexibility index (Phi) is 4.37. The van der Waals surface area contributed by atoms with Crippen LogP contribution in [0.3, 0.4) is 0 Å². The standard InChI is InChI=1S/C14H21N3O2/c1-11(2)16-8-7-12(10-16)9-15-13-3-5-14(6-4-13)17(18)19/h3-6,11-12,15H,7-10H2,1-2H3. The summed E-state index contributed by atoms with van der Waals surface area (Å²) in [7, 11) is 0. The van der Waals surface area contributed by atoms with Crippen LogP contribution in [0.25, 0.3) is 0 Å². The van der Waals surface area contributed by atoms with Gasteiger partial charge >= 0.3 is 0 Å². The number of rotatable bonds is 5. The molecule has 0 radical (unpaired) electrons. The van der Waals surface area contributed by atoms with Crippen LogP contribution < -0.4 is 5.32 Å². The summed E-state index contributed by atoms with van der Waals surface area (Å²) in [5.74, 6) is 0.664. The van der Waals surface area contributed by atoms with Crippen LogP contribution in [0.2, 0.25) is 0 Å². The third-order valence-electron chi connectivity index (χ3n) is 3.72. The fourth-order valence-corrected chi connectivity index (χ4v) is 2.46. The van der Waals surface area contributed by atoms with Crippen molar-refractivity contribution in [2.45, 2.75) is 26.3 Å². The molecule has 5 heteroatoms. The summed E-state index contributed by atoms with van der Waals surface area (Å²) >= 11 is 0. The number of anilines is 1. The van der Waals surface area contributed by atoms with Crippen LogP contribution in [0.15, 0.2) is 24.3 Å². The van der Waals surface area contributed by atoms with E-state index in [0.29, 0.717) is 12.0 Å². The van der Waals surface area contributed by atoms with E-state index in [0.717, 1.165) is 18.8 Å². The van der Waals surface area contributed by atoms with Gasteiger partial charge in [-0.05, 0) is 44.9 Å². The molecule has 0 aromatic heterocycles. The molecular formula is C14H21N3O2. The summed E-state index contributed by atoms with van der Waals surface area (Å²) in [5, 5.41) is 13.9. The Hall–Kier alpha value is -1.62. The number of nitrogens with one attached hydrogen (secondary N) is 1. The third kappa shape index (κ3) is 3.67. The Balaban J connectivity index is 1.81. The van der Waals surface area contributed by atoms with Crippen LogP contribution in [0.4, 0.5) is 11.4 Å². The van der Waals surface area contributed by atoms with Gasteiger partial charge in [0.1, 0.15) is 0 Å². The molecule has 1 aliphatic heterocycles. The van der Waals surface area contributed by atoms with E-state index in [1.165, 1.54) is 25.1 Å². The summed E-state index contributed by atoms with van der Waals surface area (Å²) < 4.78 is 0. The number of non-ortho nitro benzene ring substituents is 1. The molecular weight excluding hydrogens is 242 g/mol. The van der Waals surface area contributed by atoms with Crippen LogP contribution in [0, 0.1) is 16.0 Å². The molecule has 1 N–H and O–H groups in total. The first kappa shape index (κ1) is 13.8. The van der Waals surface area contributed by atoms with Crippen molar-refractivity contribution in [3.63, 3.8) is 0 Å². The molecule has 19 heavy (non-hydrogen) atoms. The topological polar surface area (TPSA) is 58.4 Å². The number of hydrogen-bond acceptors (Lipinski definition) is 4. The number of nitrogens with zero attached hydrogens (tertiary/aromatic N) is 2. The smallest absolute Gasteiger partial charge is 0.269 e. The Morgan fingerprint density at radius 2 is 2.11 bits per heavy atom. The fourth-order valence-electron chi connectivity index (χ4n) is 2.46. The second-order valence-electron chi connectivity index (χ2n) is 5.43. The molecule has 1 aromatic rings. The first-order valence-electron chi connectivity index (χ1n) is 6.78. The maximum Gasteiger partial charge on any atom is 0.269 e. The maximum absolute atomic E-state index is 10.6. The van der Waals surface area contributed by atoms with E-state index in [4.69, 9.17) is 0 Å². The van der Waals surface area contributed by atoms with Gasteiger partial charge in [-0.25, -0.2) is 0 Å². The normalized spacial score (nSPS) is 19.8. The van der Waals surface area contributed by atoms with E-state index in [9.17, 15) is 10.1 Å². The van der Waals surface area contributed by atoms with Crippen molar-refractivity contribution in [3.05, 3.63) is 34.4 Å². The van der Waals surface area contributed by atoms with Gasteiger partial charge < -0.3 is 10.2 Å². The van der Waals surface area contributed by atoms with E-state index < -0.39 is 0 Å². The lowest BCUT2D eigenvalue weighted by atomic mass is 10.1. The zero-order valence-corrected chi connectivity index (χ0v) is 11.5. The van der Waals surface area contributed by atoms with Crippen molar-refractivity contribution in [3.8, 4) is 0 Å². The second kappa shape index (κ2) is 6.02. The average molecular weight is 263 g/mol. The molecule has 0 saturated carbocycles. The number of benzene rings is 1. The minimum Gasteiger partial charge on any atom is -0.385 e. The molecule has 1 aliphatic rings. The minimum absolute atomic E-state index is 0.136. The second-order valence-corrected chi connectivity index (χ2v) is 5.43. The molecule has 1 fully saturated rings. The highest BCUT2D eigenvalue weighted by Crippen LogP contribution is 2.20. The van der Waals surface area contributed by atoms with E-state index in [1.807, 2.05) is 0 Å². The molecule has 1 heterocycles. The zero-order chi connectivity index (χ0) is 13.8. The van der Waals surface area contributed by atoms with E-state index in [-0.39, 0.29) is 10.6 Å². The highest BCUT2D eigenvalue weighted by Gasteiger charge is 2.23. The fraction of sp³-hybridized carbons (Fsp3) is 0.571. The highest BCUT2D eigenvalue weighted by atomic mass is 16.6. The molecule has 1 saturated heterocycles. The molecule has 1 unspecified atom stereocenters. The van der Waals surface area contributed by atoms with Crippen LogP contribution in [0.5, 0.6) is 0 Å². The Morgan fingerprint density at radius 1 is 1.42 bits per heavy atom. The van der Waals surface area contributed by atoms with E-state index in [1.54, 1.807) is 12.1 Å². The van der Waals surface area contributed by atoms with E-state index in [2.05, 4.69) is 24.1 Å². The summed E-state index contributed by atoms with van der Waals surface area (Å²) in [5.41, 5.74) is 1.09. The number of hydrogen-bond donors (Lipinski definition) is 1. The molecule has 1 atom stereocenters. The van der Waals surface area contributed by atoms with Gasteiger partial charge in [0.15, 0.2) is 0 Å². The molecule has 5 nitrogen and oxygen atoms in total. The van der Waals surface area contributed by atoms with Crippen molar-refractivity contribution in [2.75, 3.05) is 25.0 Å². The molecule has 0 spiro atoms. The van der Waals surface area contributed by atoms with Gasteiger partial charge in [0, 0.05) is 37.0 Å². The average Bonchev–Trinajstić information content (AvgIpc) is 2.86. The highest BCUT2D eigenvalue weighted by molar-refractivity contribution is 5.48. The van der Waals surface area contributed by atoms with Gasteiger partial charge in [-0.3, -0.25) is 10.1 Å². The van der Waals surface area contributed by atoms with Gasteiger partial charge in [-0.1, -0.05) is 0 Å². The van der Waals surface area contributed by atoms with Crippen LogP contribution in [-0.4, -0.2) is 35.5 Å². The van der Waals surface area contributed by atoms with E-state index >= 15 is 0 Å². The first-order valence-corrected chi connectivity index (χ1v) is 6.78. The number of nitro groups is 1. The summed E-state index contributed by atoms with van der Waals surface area (Å²) in [4.78, 5) is 12.7. The molecule has 0 aliphatic carbocycles. The van der Waals surface area contributed by atoms with Crippen molar-refractivity contribution in [1.29, 1.82) is 0 Å². The van der Waals surface area contributed by atoms with Crippen LogP contribution >= 0.6 is 0 Å². The van der Waals surface area contributed by atoms with Gasteiger partial charge in [0.2, 0.25) is 0 Å². The van der Waals surface area contributed by atoms with Crippen LogP contribution in [0.1, 0.15) is 20.3 Å². The lowest BCUT2D eigenvalue weighted by Gasteiger charge is -2.20. The lowest BCUT2D eigenvalue weighted by Crippen LogP contribution is -2.29. The van der Waals surface area contributed by atoms with Gasteiger partial charge in [0.25, 0.3) is 5.69 Å². The van der Waals surface area contributed by atoms with Crippen molar-refractivity contribution in [2.24, 2.45) is 5.92 Å². The molecule has 2 rings (SSSR count). The molecule has 0 bridgehead atoms. The van der Waals surface area contributed by atoms with Crippen LogP contribution in [-0.2, 0) is 0 Å². The lowest BCUT2D eigenvalue weighted by molar-refractivity contribution is -0.384.